The van der Waals surface area contributed by atoms with Gasteiger partial charge in [0.15, 0.2) is 0 Å². The Hall–Kier alpha value is -0.570. The minimum absolute atomic E-state index is 0.0292. The summed E-state index contributed by atoms with van der Waals surface area (Å²) >= 11 is 2.69. The lowest BCUT2D eigenvalue weighted by molar-refractivity contribution is 0.0702. The zero-order chi connectivity index (χ0) is 14.1. The van der Waals surface area contributed by atoms with Crippen LogP contribution in [0, 0.1) is 0 Å². The van der Waals surface area contributed by atoms with Gasteiger partial charge in [-0.05, 0) is 31.6 Å². The summed E-state index contributed by atoms with van der Waals surface area (Å²) in [5.74, 6) is -0.0513. The van der Waals surface area contributed by atoms with Gasteiger partial charge in [0, 0.05) is 16.7 Å². The SMILES string of the molecule is CC1(CNS(=O)(=O)c2csc(C(=O)O)c2)CCCS1. The van der Waals surface area contributed by atoms with Crippen LogP contribution in [0.4, 0.5) is 0 Å². The predicted octanol–water partition coefficient (Wildman–Crippen LogP) is 2.01. The van der Waals surface area contributed by atoms with Gasteiger partial charge < -0.3 is 5.11 Å². The van der Waals surface area contributed by atoms with Crippen LogP contribution in [0.15, 0.2) is 16.3 Å². The summed E-state index contributed by atoms with van der Waals surface area (Å²) in [5.41, 5.74) is 0. The summed E-state index contributed by atoms with van der Waals surface area (Å²) in [6.07, 6.45) is 2.09. The maximum atomic E-state index is 12.1. The van der Waals surface area contributed by atoms with E-state index in [9.17, 15) is 13.2 Å². The molecule has 1 unspecified atom stereocenters. The molecule has 5 nitrogen and oxygen atoms in total. The van der Waals surface area contributed by atoms with E-state index in [2.05, 4.69) is 4.72 Å². The highest BCUT2D eigenvalue weighted by molar-refractivity contribution is 8.01. The quantitative estimate of drug-likeness (QED) is 0.867. The summed E-state index contributed by atoms with van der Waals surface area (Å²) in [6.45, 7) is 2.42. The van der Waals surface area contributed by atoms with Gasteiger partial charge >= 0.3 is 5.97 Å². The Bertz CT molecular complexity index is 573. The molecule has 2 heterocycles. The van der Waals surface area contributed by atoms with E-state index in [4.69, 9.17) is 5.11 Å². The highest BCUT2D eigenvalue weighted by Crippen LogP contribution is 2.37. The van der Waals surface area contributed by atoms with Crippen molar-refractivity contribution in [2.45, 2.75) is 29.4 Å². The molecule has 1 aromatic rings. The van der Waals surface area contributed by atoms with Crippen molar-refractivity contribution >= 4 is 39.1 Å². The first-order valence-electron chi connectivity index (χ1n) is 5.78. The number of carbonyl (C=O) groups is 1. The molecule has 0 radical (unpaired) electrons. The van der Waals surface area contributed by atoms with Gasteiger partial charge in [-0.15, -0.1) is 11.3 Å². The predicted molar refractivity (Wildman–Crippen MR) is 76.6 cm³/mol. The highest BCUT2D eigenvalue weighted by atomic mass is 32.2. The molecule has 2 N–H and O–H groups in total. The van der Waals surface area contributed by atoms with Gasteiger partial charge in [-0.25, -0.2) is 17.9 Å². The van der Waals surface area contributed by atoms with E-state index in [1.807, 2.05) is 6.92 Å². The van der Waals surface area contributed by atoms with Crippen molar-refractivity contribution in [1.82, 2.24) is 4.72 Å². The maximum Gasteiger partial charge on any atom is 0.345 e. The summed E-state index contributed by atoms with van der Waals surface area (Å²) < 4.78 is 26.6. The lowest BCUT2D eigenvalue weighted by Gasteiger charge is -2.22. The molecule has 0 spiro atoms. The van der Waals surface area contributed by atoms with E-state index in [-0.39, 0.29) is 14.5 Å². The molecule has 0 amide bonds. The van der Waals surface area contributed by atoms with Gasteiger partial charge in [-0.2, -0.15) is 11.8 Å². The first-order chi connectivity index (χ1) is 8.82. The van der Waals surface area contributed by atoms with Gasteiger partial charge in [0.05, 0.1) is 4.90 Å². The average molecular weight is 321 g/mol. The Balaban J connectivity index is 2.07. The average Bonchev–Trinajstić information content (AvgIpc) is 2.96. The maximum absolute atomic E-state index is 12.1. The number of nitrogens with one attached hydrogen (secondary N) is 1. The van der Waals surface area contributed by atoms with Crippen molar-refractivity contribution < 1.29 is 18.3 Å². The second kappa shape index (κ2) is 5.43. The molecule has 1 saturated heterocycles. The number of carboxylic acids is 1. The summed E-state index contributed by atoms with van der Waals surface area (Å²) in [5, 5.41) is 10.2. The van der Waals surface area contributed by atoms with E-state index >= 15 is 0 Å². The molecule has 1 aliphatic heterocycles. The second-order valence-electron chi connectivity index (χ2n) is 4.68. The molecular weight excluding hydrogens is 306 g/mol. The fourth-order valence-corrected chi connectivity index (χ4v) is 5.50. The van der Waals surface area contributed by atoms with Crippen molar-refractivity contribution in [3.63, 3.8) is 0 Å². The smallest absolute Gasteiger partial charge is 0.345 e. The Morgan fingerprint density at radius 1 is 1.58 bits per heavy atom. The number of carboxylic acid groups (broad SMARTS) is 1. The van der Waals surface area contributed by atoms with E-state index in [0.717, 1.165) is 29.9 Å². The summed E-state index contributed by atoms with van der Waals surface area (Å²) in [7, 11) is -3.61. The molecule has 19 heavy (non-hydrogen) atoms. The Morgan fingerprint density at radius 2 is 2.32 bits per heavy atom. The molecule has 8 heteroatoms. The zero-order valence-electron chi connectivity index (χ0n) is 10.4. The van der Waals surface area contributed by atoms with Crippen molar-refractivity contribution in [1.29, 1.82) is 0 Å². The van der Waals surface area contributed by atoms with Gasteiger partial charge in [0.25, 0.3) is 0 Å². The van der Waals surface area contributed by atoms with Gasteiger partial charge in [0.1, 0.15) is 4.88 Å². The lowest BCUT2D eigenvalue weighted by Crippen LogP contribution is -2.36. The van der Waals surface area contributed by atoms with Gasteiger partial charge in [-0.1, -0.05) is 0 Å². The minimum atomic E-state index is -3.61. The van der Waals surface area contributed by atoms with E-state index < -0.39 is 16.0 Å². The van der Waals surface area contributed by atoms with Crippen LogP contribution in [0.1, 0.15) is 29.4 Å². The molecule has 1 aromatic heterocycles. The molecule has 0 aliphatic carbocycles. The number of hydrogen-bond donors (Lipinski definition) is 2. The van der Waals surface area contributed by atoms with Crippen LogP contribution >= 0.6 is 23.1 Å². The van der Waals surface area contributed by atoms with Crippen LogP contribution in [-0.2, 0) is 10.0 Å². The van der Waals surface area contributed by atoms with Crippen LogP contribution < -0.4 is 4.72 Å². The lowest BCUT2D eigenvalue weighted by atomic mass is 10.1. The molecular formula is C11H15NO4S3. The zero-order valence-corrected chi connectivity index (χ0v) is 12.8. The van der Waals surface area contributed by atoms with Crippen LogP contribution in [0.5, 0.6) is 0 Å². The topological polar surface area (TPSA) is 83.5 Å². The van der Waals surface area contributed by atoms with E-state index in [1.165, 1.54) is 11.4 Å². The van der Waals surface area contributed by atoms with Crippen molar-refractivity contribution in [3.05, 3.63) is 16.3 Å². The number of rotatable bonds is 5. The molecule has 1 fully saturated rings. The third kappa shape index (κ3) is 3.50. The largest absolute Gasteiger partial charge is 0.477 e. The normalized spacial score (nSPS) is 23.6. The van der Waals surface area contributed by atoms with Gasteiger partial charge in [-0.3, -0.25) is 0 Å². The third-order valence-corrected chi connectivity index (χ3v) is 7.02. The highest BCUT2D eigenvalue weighted by Gasteiger charge is 2.31. The van der Waals surface area contributed by atoms with Crippen molar-refractivity contribution in [2.75, 3.05) is 12.3 Å². The van der Waals surface area contributed by atoms with Crippen molar-refractivity contribution in [3.8, 4) is 0 Å². The second-order valence-corrected chi connectivity index (χ2v) is 9.04. The van der Waals surface area contributed by atoms with Crippen LogP contribution in [0.3, 0.4) is 0 Å². The Labute approximate surface area is 120 Å². The standard InChI is InChI=1S/C11H15NO4S3/c1-11(3-2-4-18-11)7-12-19(15,16)8-5-9(10(13)14)17-6-8/h5-6,12H,2-4,7H2,1H3,(H,13,14). The van der Waals surface area contributed by atoms with Crippen LogP contribution in [-0.4, -0.2) is 36.5 Å². The van der Waals surface area contributed by atoms with Gasteiger partial charge in [0.2, 0.25) is 10.0 Å². The molecule has 0 aromatic carbocycles. The molecule has 1 aliphatic rings. The van der Waals surface area contributed by atoms with Crippen LogP contribution in [0.2, 0.25) is 0 Å². The molecule has 0 bridgehead atoms. The number of hydrogen-bond acceptors (Lipinski definition) is 5. The number of thioether (sulfide) groups is 1. The first kappa shape index (κ1) is 14.8. The molecule has 1 atom stereocenters. The molecule has 2 rings (SSSR count). The number of sulfonamides is 1. The molecule has 106 valence electrons. The van der Waals surface area contributed by atoms with E-state index in [1.54, 1.807) is 11.8 Å². The van der Waals surface area contributed by atoms with E-state index in [0.29, 0.717) is 6.54 Å². The monoisotopic (exact) mass is 321 g/mol. The third-order valence-electron chi connectivity index (χ3n) is 3.03. The molecule has 0 saturated carbocycles. The summed E-state index contributed by atoms with van der Waals surface area (Å²) in [4.78, 5) is 10.8. The summed E-state index contributed by atoms with van der Waals surface area (Å²) in [6, 6.07) is 1.19. The van der Waals surface area contributed by atoms with Crippen LogP contribution in [0.25, 0.3) is 0 Å². The fourth-order valence-electron chi connectivity index (χ4n) is 1.88. The fraction of sp³-hybridized carbons (Fsp3) is 0.545. The Morgan fingerprint density at radius 3 is 2.84 bits per heavy atom. The van der Waals surface area contributed by atoms with Crippen molar-refractivity contribution in [2.24, 2.45) is 0 Å². The number of thiophene rings is 1. The Kier molecular flexibility index (Phi) is 4.24. The number of aromatic carboxylic acids is 1. The minimum Gasteiger partial charge on any atom is -0.477 e. The first-order valence-corrected chi connectivity index (χ1v) is 9.13.